The van der Waals surface area contributed by atoms with Gasteiger partial charge in [0.05, 0.1) is 5.60 Å². The Kier molecular flexibility index (Phi) is 4.10. The van der Waals surface area contributed by atoms with Crippen LogP contribution in [-0.2, 0) is 0 Å². The third-order valence-electron chi connectivity index (χ3n) is 2.28. The molecule has 0 radical (unpaired) electrons. The summed E-state index contributed by atoms with van der Waals surface area (Å²) in [6, 6.07) is 8.40. The number of benzene rings is 1. The molecule has 0 fully saturated rings. The summed E-state index contributed by atoms with van der Waals surface area (Å²) in [5, 5.41) is 9.53. The third kappa shape index (κ3) is 5.38. The number of hydrogen-bond acceptors (Lipinski definition) is 1. The zero-order valence-electron chi connectivity index (χ0n) is 9.83. The van der Waals surface area contributed by atoms with Crippen LogP contribution in [0.1, 0.15) is 37.8 Å². The highest BCUT2D eigenvalue weighted by Crippen LogP contribution is 2.12. The molecule has 82 valence electrons. The van der Waals surface area contributed by atoms with Crippen molar-refractivity contribution in [3.05, 3.63) is 41.5 Å². The van der Waals surface area contributed by atoms with E-state index in [1.54, 1.807) is 0 Å². The molecule has 1 rings (SSSR count). The molecular formula is C14H20O. The highest BCUT2D eigenvalue weighted by Gasteiger charge is 2.09. The molecule has 15 heavy (non-hydrogen) atoms. The lowest BCUT2D eigenvalue weighted by Gasteiger charge is -2.14. The van der Waals surface area contributed by atoms with Crippen LogP contribution >= 0.6 is 0 Å². The standard InChI is InChI=1S/C14H20O/c1-12-7-6-9-13(11-12)8-4-5-10-14(2,3)15/h4,6-9,11,15H,5,10H2,1-3H3/b8-4+. The molecule has 0 atom stereocenters. The van der Waals surface area contributed by atoms with Crippen molar-refractivity contribution in [3.8, 4) is 0 Å². The summed E-state index contributed by atoms with van der Waals surface area (Å²) in [5.74, 6) is 0. The highest BCUT2D eigenvalue weighted by atomic mass is 16.3. The van der Waals surface area contributed by atoms with Gasteiger partial charge in [-0.2, -0.15) is 0 Å². The molecule has 0 aromatic heterocycles. The van der Waals surface area contributed by atoms with Crippen LogP contribution in [0.15, 0.2) is 30.3 Å². The minimum Gasteiger partial charge on any atom is -0.390 e. The Morgan fingerprint density at radius 3 is 2.67 bits per heavy atom. The van der Waals surface area contributed by atoms with Crippen molar-refractivity contribution in [3.63, 3.8) is 0 Å². The first kappa shape index (κ1) is 12.0. The van der Waals surface area contributed by atoms with E-state index in [1.165, 1.54) is 11.1 Å². The van der Waals surface area contributed by atoms with Crippen LogP contribution in [0.3, 0.4) is 0 Å². The van der Waals surface area contributed by atoms with E-state index in [1.807, 2.05) is 13.8 Å². The zero-order chi connectivity index (χ0) is 11.3. The summed E-state index contributed by atoms with van der Waals surface area (Å²) in [4.78, 5) is 0. The van der Waals surface area contributed by atoms with Crippen LogP contribution < -0.4 is 0 Å². The Morgan fingerprint density at radius 1 is 1.33 bits per heavy atom. The Balaban J connectivity index is 2.45. The van der Waals surface area contributed by atoms with Gasteiger partial charge in [0, 0.05) is 0 Å². The summed E-state index contributed by atoms with van der Waals surface area (Å²) in [7, 11) is 0. The number of aliphatic hydroxyl groups is 1. The highest BCUT2D eigenvalue weighted by molar-refractivity contribution is 5.49. The average Bonchev–Trinajstić information content (AvgIpc) is 2.11. The molecule has 0 saturated carbocycles. The van der Waals surface area contributed by atoms with E-state index in [2.05, 4.69) is 43.3 Å². The number of aryl methyl sites for hydroxylation is 1. The van der Waals surface area contributed by atoms with E-state index >= 15 is 0 Å². The van der Waals surface area contributed by atoms with Crippen molar-refractivity contribution in [2.24, 2.45) is 0 Å². The number of hydrogen-bond donors (Lipinski definition) is 1. The maximum Gasteiger partial charge on any atom is 0.0594 e. The first-order valence-electron chi connectivity index (χ1n) is 5.43. The Morgan fingerprint density at radius 2 is 2.07 bits per heavy atom. The first-order chi connectivity index (χ1) is 6.97. The average molecular weight is 204 g/mol. The zero-order valence-corrected chi connectivity index (χ0v) is 9.83. The molecule has 0 unspecified atom stereocenters. The van der Waals surface area contributed by atoms with Crippen LogP contribution in [0.25, 0.3) is 6.08 Å². The lowest BCUT2D eigenvalue weighted by atomic mass is 10.0. The molecule has 1 heteroatoms. The lowest BCUT2D eigenvalue weighted by molar-refractivity contribution is 0.0722. The molecule has 1 nitrogen and oxygen atoms in total. The fourth-order valence-corrected chi connectivity index (χ4v) is 1.43. The monoisotopic (exact) mass is 204 g/mol. The van der Waals surface area contributed by atoms with Gasteiger partial charge in [-0.1, -0.05) is 42.0 Å². The van der Waals surface area contributed by atoms with Gasteiger partial charge in [0.1, 0.15) is 0 Å². The van der Waals surface area contributed by atoms with Crippen molar-refractivity contribution >= 4 is 6.08 Å². The molecule has 0 bridgehead atoms. The maximum atomic E-state index is 9.53. The fraction of sp³-hybridized carbons (Fsp3) is 0.429. The van der Waals surface area contributed by atoms with E-state index in [0.717, 1.165) is 12.8 Å². The Labute approximate surface area is 92.5 Å². The van der Waals surface area contributed by atoms with Gasteiger partial charge in [-0.25, -0.2) is 0 Å². The molecule has 1 aromatic rings. The molecule has 0 aliphatic carbocycles. The number of rotatable bonds is 4. The number of allylic oxidation sites excluding steroid dienone is 1. The minimum absolute atomic E-state index is 0.559. The third-order valence-corrected chi connectivity index (χ3v) is 2.28. The van der Waals surface area contributed by atoms with Gasteiger partial charge in [0.2, 0.25) is 0 Å². The van der Waals surface area contributed by atoms with E-state index < -0.39 is 5.60 Å². The summed E-state index contributed by atoms with van der Waals surface area (Å²) < 4.78 is 0. The van der Waals surface area contributed by atoms with E-state index in [4.69, 9.17) is 0 Å². The minimum atomic E-state index is -0.559. The molecule has 0 amide bonds. The molecule has 0 aliphatic heterocycles. The molecule has 0 aliphatic rings. The smallest absolute Gasteiger partial charge is 0.0594 e. The van der Waals surface area contributed by atoms with Crippen molar-refractivity contribution in [2.45, 2.75) is 39.2 Å². The van der Waals surface area contributed by atoms with E-state index in [9.17, 15) is 5.11 Å². The van der Waals surface area contributed by atoms with Crippen LogP contribution in [0.5, 0.6) is 0 Å². The largest absolute Gasteiger partial charge is 0.390 e. The topological polar surface area (TPSA) is 20.2 Å². The van der Waals surface area contributed by atoms with Gasteiger partial charge in [-0.3, -0.25) is 0 Å². The quantitative estimate of drug-likeness (QED) is 0.795. The van der Waals surface area contributed by atoms with Crippen LogP contribution in [-0.4, -0.2) is 10.7 Å². The Hall–Kier alpha value is -1.08. The maximum absolute atomic E-state index is 9.53. The van der Waals surface area contributed by atoms with Gasteiger partial charge in [0.15, 0.2) is 0 Å². The van der Waals surface area contributed by atoms with Gasteiger partial charge in [-0.05, 0) is 39.2 Å². The summed E-state index contributed by atoms with van der Waals surface area (Å²) >= 11 is 0. The van der Waals surface area contributed by atoms with Crippen LogP contribution in [0, 0.1) is 6.92 Å². The van der Waals surface area contributed by atoms with Crippen molar-refractivity contribution in [1.29, 1.82) is 0 Å². The van der Waals surface area contributed by atoms with Gasteiger partial charge in [0.25, 0.3) is 0 Å². The fourth-order valence-electron chi connectivity index (χ4n) is 1.43. The van der Waals surface area contributed by atoms with Gasteiger partial charge in [-0.15, -0.1) is 0 Å². The normalized spacial score (nSPS) is 12.3. The van der Waals surface area contributed by atoms with E-state index in [-0.39, 0.29) is 0 Å². The second-order valence-electron chi connectivity index (χ2n) is 4.67. The first-order valence-corrected chi connectivity index (χ1v) is 5.43. The van der Waals surface area contributed by atoms with Crippen LogP contribution in [0.2, 0.25) is 0 Å². The summed E-state index contributed by atoms with van der Waals surface area (Å²) in [6.07, 6.45) is 5.94. The molecule has 0 heterocycles. The molecule has 0 spiro atoms. The molecule has 1 aromatic carbocycles. The predicted molar refractivity (Wildman–Crippen MR) is 65.7 cm³/mol. The molecule has 0 saturated heterocycles. The van der Waals surface area contributed by atoms with Crippen molar-refractivity contribution < 1.29 is 5.11 Å². The molecular weight excluding hydrogens is 184 g/mol. The second kappa shape index (κ2) is 5.13. The van der Waals surface area contributed by atoms with Crippen molar-refractivity contribution in [2.75, 3.05) is 0 Å². The summed E-state index contributed by atoms with van der Waals surface area (Å²) in [6.45, 7) is 5.77. The predicted octanol–water partition coefficient (Wildman–Crippen LogP) is 3.56. The molecule has 1 N–H and O–H groups in total. The van der Waals surface area contributed by atoms with Crippen LogP contribution in [0.4, 0.5) is 0 Å². The summed E-state index contributed by atoms with van der Waals surface area (Å²) in [5.41, 5.74) is 1.95. The van der Waals surface area contributed by atoms with Gasteiger partial charge >= 0.3 is 0 Å². The van der Waals surface area contributed by atoms with Crippen molar-refractivity contribution in [1.82, 2.24) is 0 Å². The van der Waals surface area contributed by atoms with Gasteiger partial charge < -0.3 is 5.11 Å². The Bertz CT molecular complexity index is 331. The lowest BCUT2D eigenvalue weighted by Crippen LogP contribution is -2.17. The van der Waals surface area contributed by atoms with E-state index in [0.29, 0.717) is 0 Å². The SMILES string of the molecule is Cc1cccc(/C=C/CCC(C)(C)O)c1. The second-order valence-corrected chi connectivity index (χ2v) is 4.67.